The van der Waals surface area contributed by atoms with Gasteiger partial charge in [0.15, 0.2) is 0 Å². The minimum atomic E-state index is -0.343. The standard InChI is InChI=1S/C10H10FN3OS/c1-6-13-14-10(15-6)5-16-9-3-7(11)2-8(12)4-9/h2-4H,5,12H2,1H3. The number of hydrogen-bond donors (Lipinski definition) is 1. The first-order chi connectivity index (χ1) is 7.63. The summed E-state index contributed by atoms with van der Waals surface area (Å²) in [6.07, 6.45) is 0. The summed E-state index contributed by atoms with van der Waals surface area (Å²) in [7, 11) is 0. The highest BCUT2D eigenvalue weighted by Gasteiger charge is 2.04. The molecule has 1 aromatic heterocycles. The lowest BCUT2D eigenvalue weighted by atomic mass is 10.3. The quantitative estimate of drug-likeness (QED) is 0.658. The third-order valence-corrected chi connectivity index (χ3v) is 2.78. The molecule has 0 atom stereocenters. The van der Waals surface area contributed by atoms with E-state index in [0.29, 0.717) is 23.2 Å². The van der Waals surface area contributed by atoms with Crippen molar-refractivity contribution in [3.63, 3.8) is 0 Å². The Kier molecular flexibility index (Phi) is 3.09. The Morgan fingerprint density at radius 1 is 1.38 bits per heavy atom. The molecule has 6 heteroatoms. The van der Waals surface area contributed by atoms with E-state index in [1.165, 1.54) is 23.9 Å². The molecule has 0 saturated heterocycles. The molecule has 2 N–H and O–H groups in total. The molecule has 0 aliphatic carbocycles. The highest BCUT2D eigenvalue weighted by Crippen LogP contribution is 2.25. The second-order valence-corrected chi connectivity index (χ2v) is 4.27. The number of nitrogens with zero attached hydrogens (tertiary/aromatic N) is 2. The van der Waals surface area contributed by atoms with Crippen molar-refractivity contribution in [2.75, 3.05) is 5.73 Å². The molecule has 0 radical (unpaired) electrons. The summed E-state index contributed by atoms with van der Waals surface area (Å²) in [5.41, 5.74) is 5.93. The molecule has 84 valence electrons. The molecule has 2 rings (SSSR count). The molecule has 0 spiro atoms. The second kappa shape index (κ2) is 4.52. The van der Waals surface area contributed by atoms with Gasteiger partial charge >= 0.3 is 0 Å². The maximum absolute atomic E-state index is 13.0. The molecule has 1 aromatic carbocycles. The number of halogens is 1. The van der Waals surface area contributed by atoms with Crippen molar-refractivity contribution in [1.82, 2.24) is 10.2 Å². The number of nitrogen functional groups attached to an aromatic ring is 1. The zero-order valence-electron chi connectivity index (χ0n) is 8.61. The van der Waals surface area contributed by atoms with Crippen molar-refractivity contribution in [3.8, 4) is 0 Å². The fourth-order valence-electron chi connectivity index (χ4n) is 1.21. The largest absolute Gasteiger partial charge is 0.425 e. The average molecular weight is 239 g/mol. The Morgan fingerprint density at radius 2 is 2.19 bits per heavy atom. The fourth-order valence-corrected chi connectivity index (χ4v) is 2.03. The minimum Gasteiger partial charge on any atom is -0.425 e. The van der Waals surface area contributed by atoms with Crippen molar-refractivity contribution in [2.45, 2.75) is 17.6 Å². The van der Waals surface area contributed by atoms with E-state index < -0.39 is 0 Å². The van der Waals surface area contributed by atoms with Crippen LogP contribution in [0.15, 0.2) is 27.5 Å². The molecule has 1 heterocycles. The van der Waals surface area contributed by atoms with Crippen LogP contribution < -0.4 is 5.73 Å². The van der Waals surface area contributed by atoms with E-state index >= 15 is 0 Å². The van der Waals surface area contributed by atoms with Crippen LogP contribution in [-0.4, -0.2) is 10.2 Å². The second-order valence-electron chi connectivity index (χ2n) is 3.22. The highest BCUT2D eigenvalue weighted by molar-refractivity contribution is 7.98. The van der Waals surface area contributed by atoms with Crippen LogP contribution in [0, 0.1) is 12.7 Å². The molecule has 0 saturated carbocycles. The van der Waals surface area contributed by atoms with Gasteiger partial charge in [-0.3, -0.25) is 0 Å². The third kappa shape index (κ3) is 2.73. The molecule has 0 fully saturated rings. The van der Waals surface area contributed by atoms with Crippen molar-refractivity contribution >= 4 is 17.4 Å². The molecule has 4 nitrogen and oxygen atoms in total. The number of thioether (sulfide) groups is 1. The summed E-state index contributed by atoms with van der Waals surface area (Å²) < 4.78 is 18.2. The molecule has 2 aromatic rings. The predicted octanol–water partition coefficient (Wildman–Crippen LogP) is 2.39. The summed E-state index contributed by atoms with van der Waals surface area (Å²) in [6.45, 7) is 1.72. The van der Waals surface area contributed by atoms with Crippen LogP contribution in [0.4, 0.5) is 10.1 Å². The molecule has 0 amide bonds. The zero-order chi connectivity index (χ0) is 11.5. The smallest absolute Gasteiger partial charge is 0.226 e. The lowest BCUT2D eigenvalue weighted by Gasteiger charge is -2.00. The molecule has 0 bridgehead atoms. The minimum absolute atomic E-state index is 0.343. The first kappa shape index (κ1) is 10.9. The van der Waals surface area contributed by atoms with Crippen LogP contribution in [0.2, 0.25) is 0 Å². The summed E-state index contributed by atoms with van der Waals surface area (Å²) in [6, 6.07) is 4.40. The monoisotopic (exact) mass is 239 g/mol. The van der Waals surface area contributed by atoms with Crippen molar-refractivity contribution in [3.05, 3.63) is 35.8 Å². The Bertz CT molecular complexity index is 480. The van der Waals surface area contributed by atoms with Crippen LogP contribution in [0.1, 0.15) is 11.8 Å². The maximum Gasteiger partial charge on any atom is 0.226 e. The number of aryl methyl sites for hydroxylation is 1. The van der Waals surface area contributed by atoms with E-state index in [-0.39, 0.29) is 5.82 Å². The number of benzene rings is 1. The number of aromatic nitrogens is 2. The van der Waals surface area contributed by atoms with Gasteiger partial charge in [-0.05, 0) is 18.2 Å². The van der Waals surface area contributed by atoms with Crippen LogP contribution in [0.3, 0.4) is 0 Å². The highest BCUT2D eigenvalue weighted by atomic mass is 32.2. The van der Waals surface area contributed by atoms with Crippen LogP contribution in [-0.2, 0) is 5.75 Å². The van der Waals surface area contributed by atoms with E-state index in [4.69, 9.17) is 10.2 Å². The SMILES string of the molecule is Cc1nnc(CSc2cc(N)cc(F)c2)o1. The molecular formula is C10H10FN3OS. The van der Waals surface area contributed by atoms with Crippen LogP contribution in [0.5, 0.6) is 0 Å². The first-order valence-corrected chi connectivity index (χ1v) is 5.60. The van der Waals surface area contributed by atoms with Gasteiger partial charge in [0.2, 0.25) is 11.8 Å². The predicted molar refractivity (Wildman–Crippen MR) is 59.4 cm³/mol. The molecule has 0 aliphatic heterocycles. The van der Waals surface area contributed by atoms with Gasteiger partial charge in [-0.1, -0.05) is 0 Å². The van der Waals surface area contributed by atoms with Crippen LogP contribution in [0.25, 0.3) is 0 Å². The van der Waals surface area contributed by atoms with Crippen molar-refractivity contribution < 1.29 is 8.81 Å². The number of anilines is 1. The molecule has 0 unspecified atom stereocenters. The number of rotatable bonds is 3. The third-order valence-electron chi connectivity index (χ3n) is 1.82. The molecular weight excluding hydrogens is 229 g/mol. The summed E-state index contributed by atoms with van der Waals surface area (Å²) in [4.78, 5) is 0.744. The van der Waals surface area contributed by atoms with E-state index in [9.17, 15) is 4.39 Å². The van der Waals surface area contributed by atoms with E-state index in [2.05, 4.69) is 10.2 Å². The topological polar surface area (TPSA) is 64.9 Å². The molecule has 16 heavy (non-hydrogen) atoms. The lowest BCUT2D eigenvalue weighted by molar-refractivity contribution is 0.485. The van der Waals surface area contributed by atoms with Gasteiger partial charge in [-0.2, -0.15) is 0 Å². The average Bonchev–Trinajstić information content (AvgIpc) is 2.60. The Morgan fingerprint density at radius 3 is 2.81 bits per heavy atom. The van der Waals surface area contributed by atoms with Crippen LogP contribution >= 0.6 is 11.8 Å². The van der Waals surface area contributed by atoms with Gasteiger partial charge in [-0.25, -0.2) is 4.39 Å². The number of hydrogen-bond acceptors (Lipinski definition) is 5. The molecule has 0 aliphatic rings. The maximum atomic E-state index is 13.0. The summed E-state index contributed by atoms with van der Waals surface area (Å²) >= 11 is 1.40. The summed E-state index contributed by atoms with van der Waals surface area (Å²) in [5, 5.41) is 7.55. The van der Waals surface area contributed by atoms with Crippen molar-refractivity contribution in [1.29, 1.82) is 0 Å². The van der Waals surface area contributed by atoms with Crippen molar-refractivity contribution in [2.24, 2.45) is 0 Å². The number of nitrogens with two attached hydrogens (primary N) is 1. The Balaban J connectivity index is 2.04. The van der Waals surface area contributed by atoms with Gasteiger partial charge < -0.3 is 10.2 Å². The Hall–Kier alpha value is -1.56. The van der Waals surface area contributed by atoms with E-state index in [1.807, 2.05) is 0 Å². The zero-order valence-corrected chi connectivity index (χ0v) is 9.42. The van der Waals surface area contributed by atoms with Gasteiger partial charge in [0.05, 0.1) is 5.75 Å². The normalized spacial score (nSPS) is 10.6. The summed E-state index contributed by atoms with van der Waals surface area (Å²) in [5.74, 6) is 1.20. The van der Waals surface area contributed by atoms with Gasteiger partial charge in [-0.15, -0.1) is 22.0 Å². The first-order valence-electron chi connectivity index (χ1n) is 4.61. The van der Waals surface area contributed by atoms with Gasteiger partial charge in [0.1, 0.15) is 5.82 Å². The van der Waals surface area contributed by atoms with Gasteiger partial charge in [0.25, 0.3) is 0 Å². The Labute approximate surface area is 96.0 Å². The fraction of sp³-hybridized carbons (Fsp3) is 0.200. The van der Waals surface area contributed by atoms with Gasteiger partial charge in [0, 0.05) is 17.5 Å². The van der Waals surface area contributed by atoms with E-state index in [1.54, 1.807) is 13.0 Å². The lowest BCUT2D eigenvalue weighted by Crippen LogP contribution is -1.88. The van der Waals surface area contributed by atoms with E-state index in [0.717, 1.165) is 4.90 Å².